The number of benzene rings is 1. The van der Waals surface area contributed by atoms with Crippen LogP contribution in [0.3, 0.4) is 0 Å². The fourth-order valence-electron chi connectivity index (χ4n) is 5.92. The molecule has 0 unspecified atom stereocenters. The molecule has 2 N–H and O–H groups in total. The van der Waals surface area contributed by atoms with Crippen molar-refractivity contribution in [2.24, 2.45) is 12.8 Å². The van der Waals surface area contributed by atoms with Crippen LogP contribution in [0.15, 0.2) is 30.6 Å². The van der Waals surface area contributed by atoms with Crippen molar-refractivity contribution in [3.8, 4) is 0 Å². The number of primary amides is 1. The number of hydrogen-bond donors (Lipinski definition) is 1. The molecule has 52 heavy (non-hydrogen) atoms. The zero-order valence-corrected chi connectivity index (χ0v) is 31.1. The van der Waals surface area contributed by atoms with Gasteiger partial charge in [-0.05, 0) is 17.7 Å². The number of ether oxygens (including phenoxy) is 4. The van der Waals surface area contributed by atoms with Crippen molar-refractivity contribution in [3.05, 3.63) is 41.7 Å². The standard InChI is InChI=1S/C34H51N13O5/c1-42(23-25-8-7-9-26(22-25)29(35)48)30-27-28(38-33(39-30)46(14-18-49-3)15-19-50-4)31(40-34(37-27)47(16-20-51-5)17-21-52-6)44-10-12-45(13-11-44)32-36-24-43(2)41-32/h7-9,22,24H,10-21,23H2,1-6H3,(H2,35,48). The summed E-state index contributed by atoms with van der Waals surface area (Å²) in [6.45, 7) is 7.19. The quantitative estimate of drug-likeness (QED) is 0.135. The highest BCUT2D eigenvalue weighted by atomic mass is 16.5. The summed E-state index contributed by atoms with van der Waals surface area (Å²) in [5.74, 6) is 2.52. The molecule has 1 aliphatic heterocycles. The topological polar surface area (TPSA) is 178 Å². The van der Waals surface area contributed by atoms with E-state index in [0.29, 0.717) is 131 Å². The van der Waals surface area contributed by atoms with Gasteiger partial charge in [-0.1, -0.05) is 12.1 Å². The number of nitrogens with zero attached hydrogens (tertiary/aromatic N) is 12. The summed E-state index contributed by atoms with van der Waals surface area (Å²) in [7, 11) is 10.5. The molecule has 0 aliphatic carbocycles. The molecular weight excluding hydrogens is 670 g/mol. The largest absolute Gasteiger partial charge is 0.383 e. The Kier molecular flexibility index (Phi) is 13.7. The van der Waals surface area contributed by atoms with Crippen molar-refractivity contribution < 1.29 is 23.7 Å². The Hall–Kier alpha value is -4.91. The first-order chi connectivity index (χ1) is 25.3. The molecule has 0 spiro atoms. The number of methoxy groups -OCH3 is 4. The van der Waals surface area contributed by atoms with Crippen LogP contribution in [0.2, 0.25) is 0 Å². The number of fused-ring (bicyclic) bond motifs is 1. The Morgan fingerprint density at radius 1 is 0.788 bits per heavy atom. The molecule has 18 nitrogen and oxygen atoms in total. The van der Waals surface area contributed by atoms with Gasteiger partial charge in [0.05, 0.1) is 26.4 Å². The van der Waals surface area contributed by atoms with Crippen LogP contribution in [-0.2, 0) is 32.5 Å². The van der Waals surface area contributed by atoms with Crippen molar-refractivity contribution in [2.45, 2.75) is 6.54 Å². The monoisotopic (exact) mass is 721 g/mol. The lowest BCUT2D eigenvalue weighted by Crippen LogP contribution is -2.47. The number of amides is 1. The molecule has 4 aromatic rings. The molecular formula is C34H51N13O5. The van der Waals surface area contributed by atoms with Crippen LogP contribution < -0.4 is 30.2 Å². The Balaban J connectivity index is 1.67. The molecule has 0 saturated carbocycles. The van der Waals surface area contributed by atoms with Crippen LogP contribution in [0.4, 0.5) is 29.5 Å². The van der Waals surface area contributed by atoms with E-state index < -0.39 is 5.91 Å². The van der Waals surface area contributed by atoms with Gasteiger partial charge in [-0.2, -0.15) is 9.97 Å². The molecule has 1 aliphatic rings. The number of carbonyl (C=O) groups is 1. The third-order valence-electron chi connectivity index (χ3n) is 8.75. The second-order valence-electron chi connectivity index (χ2n) is 12.4. The zero-order chi connectivity index (χ0) is 37.0. The second-order valence-corrected chi connectivity index (χ2v) is 12.4. The molecule has 3 aromatic heterocycles. The van der Waals surface area contributed by atoms with E-state index in [0.717, 1.165) is 5.56 Å². The molecule has 18 heteroatoms. The van der Waals surface area contributed by atoms with E-state index >= 15 is 0 Å². The summed E-state index contributed by atoms with van der Waals surface area (Å²) in [6, 6.07) is 7.28. The highest BCUT2D eigenvalue weighted by molar-refractivity contribution is 5.95. The van der Waals surface area contributed by atoms with E-state index in [4.69, 9.17) is 44.6 Å². The summed E-state index contributed by atoms with van der Waals surface area (Å²) in [6.07, 6.45) is 1.71. The number of hydrogen-bond acceptors (Lipinski definition) is 16. The Morgan fingerprint density at radius 2 is 1.35 bits per heavy atom. The highest BCUT2D eigenvalue weighted by Crippen LogP contribution is 2.34. The minimum Gasteiger partial charge on any atom is -0.383 e. The predicted octanol–water partition coefficient (Wildman–Crippen LogP) is 0.809. The third kappa shape index (κ3) is 9.49. The number of piperazine rings is 1. The van der Waals surface area contributed by atoms with E-state index in [1.807, 2.05) is 36.0 Å². The molecule has 1 amide bonds. The van der Waals surface area contributed by atoms with Crippen LogP contribution in [0, 0.1) is 0 Å². The van der Waals surface area contributed by atoms with Gasteiger partial charge in [0, 0.05) is 107 Å². The number of rotatable bonds is 20. The number of aromatic nitrogens is 7. The van der Waals surface area contributed by atoms with Gasteiger partial charge in [0.25, 0.3) is 0 Å². The van der Waals surface area contributed by atoms with Crippen molar-refractivity contribution >= 4 is 46.4 Å². The average Bonchev–Trinajstić information content (AvgIpc) is 3.60. The maximum absolute atomic E-state index is 12.0. The van der Waals surface area contributed by atoms with E-state index in [1.54, 1.807) is 51.6 Å². The molecule has 1 saturated heterocycles. The number of anilines is 5. The lowest BCUT2D eigenvalue weighted by molar-refractivity contribution is 0.1000. The maximum Gasteiger partial charge on any atom is 0.248 e. The van der Waals surface area contributed by atoms with Gasteiger partial charge >= 0.3 is 0 Å². The first-order valence-electron chi connectivity index (χ1n) is 17.3. The van der Waals surface area contributed by atoms with E-state index in [1.165, 1.54) is 0 Å². The van der Waals surface area contributed by atoms with Crippen LogP contribution in [-0.4, -0.2) is 155 Å². The first kappa shape index (κ1) is 38.3. The summed E-state index contributed by atoms with van der Waals surface area (Å²) in [5.41, 5.74) is 8.15. The van der Waals surface area contributed by atoms with Gasteiger partial charge in [-0.15, -0.1) is 5.10 Å². The summed E-state index contributed by atoms with van der Waals surface area (Å²) >= 11 is 0. The normalized spacial score (nSPS) is 13.2. The van der Waals surface area contributed by atoms with Crippen LogP contribution in [0.5, 0.6) is 0 Å². The van der Waals surface area contributed by atoms with Crippen molar-refractivity contribution in [1.82, 2.24) is 34.7 Å². The van der Waals surface area contributed by atoms with Gasteiger partial charge in [0.15, 0.2) is 11.6 Å². The third-order valence-corrected chi connectivity index (χ3v) is 8.75. The summed E-state index contributed by atoms with van der Waals surface area (Å²) in [4.78, 5) is 47.8. The molecule has 0 bridgehead atoms. The molecule has 0 radical (unpaired) electrons. The molecule has 0 atom stereocenters. The van der Waals surface area contributed by atoms with E-state index in [9.17, 15) is 4.79 Å². The number of nitrogens with two attached hydrogens (primary N) is 1. The Morgan fingerprint density at radius 3 is 1.88 bits per heavy atom. The molecule has 4 heterocycles. The number of carbonyl (C=O) groups excluding carboxylic acids is 1. The van der Waals surface area contributed by atoms with Gasteiger partial charge in [0.1, 0.15) is 17.4 Å². The second kappa shape index (κ2) is 18.5. The minimum atomic E-state index is -0.487. The van der Waals surface area contributed by atoms with Crippen molar-refractivity contribution in [3.63, 3.8) is 0 Å². The minimum absolute atomic E-state index is 0.421. The van der Waals surface area contributed by atoms with Crippen LogP contribution >= 0.6 is 0 Å². The molecule has 1 fully saturated rings. The Labute approximate surface area is 304 Å². The number of aryl methyl sites for hydroxylation is 1. The average molecular weight is 722 g/mol. The van der Waals surface area contributed by atoms with Gasteiger partial charge < -0.3 is 49.2 Å². The van der Waals surface area contributed by atoms with Crippen LogP contribution in [0.25, 0.3) is 11.0 Å². The smallest absolute Gasteiger partial charge is 0.248 e. The highest BCUT2D eigenvalue weighted by Gasteiger charge is 2.28. The lowest BCUT2D eigenvalue weighted by atomic mass is 10.1. The Bertz CT molecular complexity index is 1730. The molecule has 282 valence electrons. The van der Waals surface area contributed by atoms with Gasteiger partial charge in [0.2, 0.25) is 23.8 Å². The molecule has 1 aromatic carbocycles. The van der Waals surface area contributed by atoms with E-state index in [2.05, 4.69) is 24.8 Å². The summed E-state index contributed by atoms with van der Waals surface area (Å²) in [5, 5.41) is 4.52. The maximum atomic E-state index is 12.0. The van der Waals surface area contributed by atoms with Crippen molar-refractivity contribution in [2.75, 3.05) is 139 Å². The van der Waals surface area contributed by atoms with Crippen molar-refractivity contribution in [1.29, 1.82) is 0 Å². The van der Waals surface area contributed by atoms with Crippen LogP contribution in [0.1, 0.15) is 15.9 Å². The lowest BCUT2D eigenvalue weighted by Gasteiger charge is -2.36. The predicted molar refractivity (Wildman–Crippen MR) is 200 cm³/mol. The summed E-state index contributed by atoms with van der Waals surface area (Å²) < 4.78 is 23.6. The fraction of sp³-hybridized carbons (Fsp3) is 0.559. The SMILES string of the molecule is COCCN(CCOC)c1nc(N2CCN(c3ncn(C)n3)CC2)c2nc(N(CCOC)CCOC)nc(N(C)Cc3cccc(C(N)=O)c3)c2n1. The van der Waals surface area contributed by atoms with Gasteiger partial charge in [-0.25, -0.2) is 15.0 Å². The van der Waals surface area contributed by atoms with E-state index in [-0.39, 0.29) is 0 Å². The van der Waals surface area contributed by atoms with Gasteiger partial charge in [-0.3, -0.25) is 9.48 Å². The fourth-order valence-corrected chi connectivity index (χ4v) is 5.92. The molecule has 5 rings (SSSR count). The first-order valence-corrected chi connectivity index (χ1v) is 17.3. The zero-order valence-electron chi connectivity index (χ0n) is 31.1.